The van der Waals surface area contributed by atoms with Gasteiger partial charge in [-0.1, -0.05) is 6.07 Å². The number of aromatic nitrogens is 1. The van der Waals surface area contributed by atoms with Crippen molar-refractivity contribution >= 4 is 10.8 Å². The third-order valence-corrected chi connectivity index (χ3v) is 3.36. The van der Waals surface area contributed by atoms with Gasteiger partial charge in [0, 0.05) is 22.2 Å². The van der Waals surface area contributed by atoms with E-state index in [1.807, 2.05) is 13.0 Å². The van der Waals surface area contributed by atoms with E-state index in [9.17, 15) is 4.21 Å². The molecule has 1 aliphatic rings. The molecular formula is C9H11NOS. The van der Waals surface area contributed by atoms with Crippen LogP contribution in [0.2, 0.25) is 0 Å². The van der Waals surface area contributed by atoms with E-state index in [2.05, 4.69) is 11.1 Å². The lowest BCUT2D eigenvalue weighted by molar-refractivity contribution is 0.678. The normalized spacial score (nSPS) is 21.9. The highest BCUT2D eigenvalue weighted by atomic mass is 32.2. The Morgan fingerprint density at radius 1 is 1.50 bits per heavy atom. The van der Waals surface area contributed by atoms with E-state index >= 15 is 0 Å². The molecule has 0 radical (unpaired) electrons. The minimum atomic E-state index is -0.672. The van der Waals surface area contributed by atoms with Crippen LogP contribution >= 0.6 is 0 Å². The average molecular weight is 181 g/mol. The molecule has 1 atom stereocenters. The first kappa shape index (κ1) is 7.92. The maximum Gasteiger partial charge on any atom is 0.0661 e. The number of fused-ring (bicyclic) bond motifs is 1. The Morgan fingerprint density at radius 2 is 2.33 bits per heavy atom. The molecule has 2 heterocycles. The number of aryl methyl sites for hydroxylation is 2. The van der Waals surface area contributed by atoms with Crippen molar-refractivity contribution in [2.45, 2.75) is 19.1 Å². The Balaban J connectivity index is 2.44. The molecule has 0 amide bonds. The van der Waals surface area contributed by atoms with Crippen LogP contribution in [0, 0.1) is 6.92 Å². The lowest BCUT2D eigenvalue weighted by Gasteiger charge is -2.14. The second kappa shape index (κ2) is 2.98. The SMILES string of the molecule is Cc1ccc2c(n1)CS(=O)CC2. The number of rotatable bonds is 0. The fourth-order valence-electron chi connectivity index (χ4n) is 1.44. The second-order valence-corrected chi connectivity index (χ2v) is 4.67. The van der Waals surface area contributed by atoms with Gasteiger partial charge in [-0.2, -0.15) is 0 Å². The molecule has 2 nitrogen and oxygen atoms in total. The van der Waals surface area contributed by atoms with E-state index in [4.69, 9.17) is 0 Å². The van der Waals surface area contributed by atoms with Gasteiger partial charge in [-0.25, -0.2) is 0 Å². The predicted molar refractivity (Wildman–Crippen MR) is 49.4 cm³/mol. The summed E-state index contributed by atoms with van der Waals surface area (Å²) in [6, 6.07) is 4.13. The maximum absolute atomic E-state index is 11.2. The summed E-state index contributed by atoms with van der Waals surface area (Å²) >= 11 is 0. The predicted octanol–water partition coefficient (Wildman–Crippen LogP) is 1.19. The summed E-state index contributed by atoms with van der Waals surface area (Å²) in [4.78, 5) is 4.37. The molecule has 0 aliphatic carbocycles. The summed E-state index contributed by atoms with van der Waals surface area (Å²) in [6.45, 7) is 1.97. The van der Waals surface area contributed by atoms with Crippen LogP contribution in [0.15, 0.2) is 12.1 Å². The van der Waals surface area contributed by atoms with Crippen molar-refractivity contribution in [1.29, 1.82) is 0 Å². The Labute approximate surface area is 74.5 Å². The Morgan fingerprint density at radius 3 is 3.17 bits per heavy atom. The fraction of sp³-hybridized carbons (Fsp3) is 0.444. The van der Waals surface area contributed by atoms with Crippen molar-refractivity contribution in [2.75, 3.05) is 5.75 Å². The molecule has 0 fully saturated rings. The van der Waals surface area contributed by atoms with E-state index in [-0.39, 0.29) is 0 Å². The zero-order valence-corrected chi connectivity index (χ0v) is 7.86. The van der Waals surface area contributed by atoms with Gasteiger partial charge < -0.3 is 0 Å². The summed E-state index contributed by atoms with van der Waals surface area (Å²) in [7, 11) is -0.672. The van der Waals surface area contributed by atoms with Crippen LogP contribution in [0.1, 0.15) is 17.0 Å². The van der Waals surface area contributed by atoms with Crippen molar-refractivity contribution in [1.82, 2.24) is 4.98 Å². The van der Waals surface area contributed by atoms with Crippen LogP contribution in [-0.2, 0) is 23.0 Å². The molecule has 0 spiro atoms. The maximum atomic E-state index is 11.2. The second-order valence-electron chi connectivity index (χ2n) is 3.10. The van der Waals surface area contributed by atoms with Gasteiger partial charge in [-0.15, -0.1) is 0 Å². The molecule has 0 aromatic carbocycles. The first-order chi connectivity index (χ1) is 5.75. The molecule has 2 rings (SSSR count). The van der Waals surface area contributed by atoms with Crippen LogP contribution in [0.5, 0.6) is 0 Å². The molecule has 0 bridgehead atoms. The molecule has 12 heavy (non-hydrogen) atoms. The zero-order valence-electron chi connectivity index (χ0n) is 7.04. The zero-order chi connectivity index (χ0) is 8.55. The van der Waals surface area contributed by atoms with Gasteiger partial charge in [0.15, 0.2) is 0 Å². The highest BCUT2D eigenvalue weighted by molar-refractivity contribution is 7.84. The molecule has 1 aromatic rings. The Bertz CT molecular complexity index is 335. The fourth-order valence-corrected chi connectivity index (χ4v) is 2.59. The highest BCUT2D eigenvalue weighted by Gasteiger charge is 2.14. The molecule has 1 aliphatic heterocycles. The summed E-state index contributed by atoms with van der Waals surface area (Å²) in [6.07, 6.45) is 0.926. The van der Waals surface area contributed by atoms with Gasteiger partial charge in [0.2, 0.25) is 0 Å². The van der Waals surface area contributed by atoms with Crippen molar-refractivity contribution in [3.8, 4) is 0 Å². The van der Waals surface area contributed by atoms with Crippen LogP contribution < -0.4 is 0 Å². The molecule has 1 unspecified atom stereocenters. The van der Waals surface area contributed by atoms with E-state index in [1.165, 1.54) is 5.56 Å². The molecule has 0 saturated carbocycles. The first-order valence-corrected chi connectivity index (χ1v) is 5.55. The lowest BCUT2D eigenvalue weighted by atomic mass is 10.1. The third kappa shape index (κ3) is 1.41. The van der Waals surface area contributed by atoms with Gasteiger partial charge in [0.05, 0.1) is 11.4 Å². The molecule has 3 heteroatoms. The van der Waals surface area contributed by atoms with Crippen LogP contribution in [-0.4, -0.2) is 14.9 Å². The van der Waals surface area contributed by atoms with Crippen molar-refractivity contribution < 1.29 is 4.21 Å². The van der Waals surface area contributed by atoms with Crippen LogP contribution in [0.25, 0.3) is 0 Å². The van der Waals surface area contributed by atoms with E-state index in [0.29, 0.717) is 5.75 Å². The topological polar surface area (TPSA) is 30.0 Å². The summed E-state index contributed by atoms with van der Waals surface area (Å²) < 4.78 is 11.2. The number of hydrogen-bond donors (Lipinski definition) is 0. The Hall–Kier alpha value is -0.700. The van der Waals surface area contributed by atoms with E-state index in [0.717, 1.165) is 23.6 Å². The molecular weight excluding hydrogens is 170 g/mol. The number of nitrogens with zero attached hydrogens (tertiary/aromatic N) is 1. The number of hydrogen-bond acceptors (Lipinski definition) is 2. The standard InChI is InChI=1S/C9H11NOS/c1-7-2-3-8-4-5-12(11)6-9(8)10-7/h2-3H,4-6H2,1H3. The largest absolute Gasteiger partial charge is 0.259 e. The van der Waals surface area contributed by atoms with E-state index in [1.54, 1.807) is 0 Å². The molecule has 1 aromatic heterocycles. The van der Waals surface area contributed by atoms with Crippen LogP contribution in [0.4, 0.5) is 0 Å². The molecule has 0 N–H and O–H groups in total. The third-order valence-electron chi connectivity index (χ3n) is 2.10. The van der Waals surface area contributed by atoms with Crippen molar-refractivity contribution in [3.05, 3.63) is 29.1 Å². The Kier molecular flexibility index (Phi) is 1.97. The summed E-state index contributed by atoms with van der Waals surface area (Å²) in [5.41, 5.74) is 3.34. The molecule has 0 saturated heterocycles. The smallest absolute Gasteiger partial charge is 0.0661 e. The lowest BCUT2D eigenvalue weighted by Crippen LogP contribution is -2.14. The highest BCUT2D eigenvalue weighted by Crippen LogP contribution is 2.16. The average Bonchev–Trinajstić information content (AvgIpc) is 2.03. The summed E-state index contributed by atoms with van der Waals surface area (Å²) in [5, 5.41) is 0. The van der Waals surface area contributed by atoms with E-state index < -0.39 is 10.8 Å². The van der Waals surface area contributed by atoms with Crippen molar-refractivity contribution in [3.63, 3.8) is 0 Å². The van der Waals surface area contributed by atoms with Gasteiger partial charge in [0.1, 0.15) is 0 Å². The number of pyridine rings is 1. The van der Waals surface area contributed by atoms with Crippen LogP contribution in [0.3, 0.4) is 0 Å². The van der Waals surface area contributed by atoms with Gasteiger partial charge in [-0.3, -0.25) is 9.19 Å². The first-order valence-electron chi connectivity index (χ1n) is 4.06. The minimum absolute atomic E-state index is 0.650. The monoisotopic (exact) mass is 181 g/mol. The molecule has 64 valence electrons. The van der Waals surface area contributed by atoms with Crippen molar-refractivity contribution in [2.24, 2.45) is 0 Å². The quantitative estimate of drug-likeness (QED) is 0.602. The summed E-state index contributed by atoms with van der Waals surface area (Å²) in [5.74, 6) is 1.45. The van der Waals surface area contributed by atoms with Gasteiger partial charge >= 0.3 is 0 Å². The minimum Gasteiger partial charge on any atom is -0.259 e. The van der Waals surface area contributed by atoms with Gasteiger partial charge in [0.25, 0.3) is 0 Å². The van der Waals surface area contributed by atoms with Gasteiger partial charge in [-0.05, 0) is 25.0 Å².